The lowest BCUT2D eigenvalue weighted by molar-refractivity contribution is 0.0878. The quantitative estimate of drug-likeness (QED) is 0.630. The third-order valence-corrected chi connectivity index (χ3v) is 3.29. The Bertz CT molecular complexity index is 337. The molecule has 0 aliphatic carbocycles. The largest absolute Gasteiger partial charge is 0.385 e. The first-order chi connectivity index (χ1) is 9.81. The van der Waals surface area contributed by atoms with E-state index < -0.39 is 0 Å². The average molecular weight is 279 g/mol. The molecule has 1 rings (SSSR count). The van der Waals surface area contributed by atoms with Crippen LogP contribution in [-0.2, 0) is 15.9 Å². The molecule has 1 aromatic rings. The van der Waals surface area contributed by atoms with Gasteiger partial charge in [-0.2, -0.15) is 0 Å². The standard InChI is InChI=1S/C17H29NO2/c1-4-7-15-8-10-16(11-9-15)17(18-5-2)14-20-13-6-12-19-3/h8-11,17-18H,4-7,12-14H2,1-3H3. The van der Waals surface area contributed by atoms with Gasteiger partial charge in [-0.05, 0) is 30.5 Å². The van der Waals surface area contributed by atoms with E-state index in [9.17, 15) is 0 Å². The second-order valence-electron chi connectivity index (χ2n) is 5.02. The van der Waals surface area contributed by atoms with Gasteiger partial charge in [0.05, 0.1) is 12.6 Å². The summed E-state index contributed by atoms with van der Waals surface area (Å²) in [7, 11) is 1.72. The fourth-order valence-electron chi connectivity index (χ4n) is 2.23. The van der Waals surface area contributed by atoms with E-state index in [0.29, 0.717) is 6.61 Å². The Morgan fingerprint density at radius 1 is 1.10 bits per heavy atom. The van der Waals surface area contributed by atoms with Gasteiger partial charge < -0.3 is 14.8 Å². The normalized spacial score (nSPS) is 12.6. The van der Waals surface area contributed by atoms with Crippen LogP contribution in [0, 0.1) is 0 Å². The van der Waals surface area contributed by atoms with Gasteiger partial charge in [-0.25, -0.2) is 0 Å². The number of benzene rings is 1. The van der Waals surface area contributed by atoms with Gasteiger partial charge in [0.2, 0.25) is 0 Å². The third-order valence-electron chi connectivity index (χ3n) is 3.29. The number of hydrogen-bond donors (Lipinski definition) is 1. The van der Waals surface area contributed by atoms with E-state index in [1.165, 1.54) is 17.5 Å². The number of hydrogen-bond acceptors (Lipinski definition) is 3. The molecule has 0 aliphatic heterocycles. The number of likely N-dealkylation sites (N-methyl/N-ethyl adjacent to an activating group) is 1. The first-order valence-electron chi connectivity index (χ1n) is 7.70. The minimum absolute atomic E-state index is 0.276. The Morgan fingerprint density at radius 3 is 2.45 bits per heavy atom. The zero-order chi connectivity index (χ0) is 14.6. The van der Waals surface area contributed by atoms with E-state index in [1.54, 1.807) is 7.11 Å². The highest BCUT2D eigenvalue weighted by Crippen LogP contribution is 2.15. The van der Waals surface area contributed by atoms with Crippen molar-refractivity contribution in [3.8, 4) is 0 Å². The van der Waals surface area contributed by atoms with Crippen LogP contribution in [0.2, 0.25) is 0 Å². The van der Waals surface area contributed by atoms with Crippen molar-refractivity contribution in [1.29, 1.82) is 0 Å². The molecule has 20 heavy (non-hydrogen) atoms. The molecule has 114 valence electrons. The maximum absolute atomic E-state index is 5.74. The molecular weight excluding hydrogens is 250 g/mol. The van der Waals surface area contributed by atoms with Crippen molar-refractivity contribution >= 4 is 0 Å². The summed E-state index contributed by atoms with van der Waals surface area (Å²) in [4.78, 5) is 0. The highest BCUT2D eigenvalue weighted by molar-refractivity contribution is 5.25. The van der Waals surface area contributed by atoms with Crippen LogP contribution >= 0.6 is 0 Å². The van der Waals surface area contributed by atoms with E-state index in [-0.39, 0.29) is 6.04 Å². The molecule has 0 aromatic heterocycles. The lowest BCUT2D eigenvalue weighted by Gasteiger charge is -2.19. The maximum Gasteiger partial charge on any atom is 0.0661 e. The number of aryl methyl sites for hydroxylation is 1. The zero-order valence-corrected chi connectivity index (χ0v) is 13.2. The summed E-state index contributed by atoms with van der Waals surface area (Å²) < 4.78 is 10.8. The van der Waals surface area contributed by atoms with Gasteiger partial charge in [0.1, 0.15) is 0 Å². The molecule has 0 radical (unpaired) electrons. The summed E-state index contributed by atoms with van der Waals surface area (Å²) in [6.07, 6.45) is 3.29. The molecule has 0 heterocycles. The summed E-state index contributed by atoms with van der Waals surface area (Å²) in [6.45, 7) is 7.52. The highest BCUT2D eigenvalue weighted by Gasteiger charge is 2.10. The third kappa shape index (κ3) is 6.51. The summed E-state index contributed by atoms with van der Waals surface area (Å²) in [6, 6.07) is 9.17. The second kappa shape index (κ2) is 10.8. The van der Waals surface area contributed by atoms with Gasteiger partial charge in [-0.15, -0.1) is 0 Å². The Morgan fingerprint density at radius 2 is 1.85 bits per heavy atom. The molecule has 1 N–H and O–H groups in total. The summed E-state index contributed by atoms with van der Waals surface area (Å²) in [5.74, 6) is 0. The van der Waals surface area contributed by atoms with Crippen LogP contribution in [0.5, 0.6) is 0 Å². The second-order valence-corrected chi connectivity index (χ2v) is 5.02. The summed E-state index contributed by atoms with van der Waals surface area (Å²) >= 11 is 0. The van der Waals surface area contributed by atoms with Crippen molar-refractivity contribution in [1.82, 2.24) is 5.32 Å². The predicted molar refractivity (Wildman–Crippen MR) is 84.2 cm³/mol. The highest BCUT2D eigenvalue weighted by atomic mass is 16.5. The van der Waals surface area contributed by atoms with E-state index >= 15 is 0 Å². The van der Waals surface area contributed by atoms with Crippen LogP contribution < -0.4 is 5.32 Å². The van der Waals surface area contributed by atoms with Gasteiger partial charge in [0, 0.05) is 20.3 Å². The van der Waals surface area contributed by atoms with Crippen LogP contribution in [0.15, 0.2) is 24.3 Å². The van der Waals surface area contributed by atoms with Crippen molar-refractivity contribution < 1.29 is 9.47 Å². The van der Waals surface area contributed by atoms with Crippen LogP contribution in [0.1, 0.15) is 43.9 Å². The molecule has 0 fully saturated rings. The topological polar surface area (TPSA) is 30.5 Å². The molecule has 3 heteroatoms. The fraction of sp³-hybridized carbons (Fsp3) is 0.647. The molecule has 0 bridgehead atoms. The Balaban J connectivity index is 2.47. The predicted octanol–water partition coefficient (Wildman–Crippen LogP) is 3.34. The van der Waals surface area contributed by atoms with Crippen molar-refractivity contribution in [3.05, 3.63) is 35.4 Å². The van der Waals surface area contributed by atoms with Gasteiger partial charge in [-0.1, -0.05) is 44.5 Å². The van der Waals surface area contributed by atoms with Gasteiger partial charge >= 0.3 is 0 Å². The van der Waals surface area contributed by atoms with E-state index in [2.05, 4.69) is 43.4 Å². The zero-order valence-electron chi connectivity index (χ0n) is 13.2. The monoisotopic (exact) mass is 279 g/mol. The molecule has 3 nitrogen and oxygen atoms in total. The van der Waals surface area contributed by atoms with Crippen LogP contribution in [-0.4, -0.2) is 33.5 Å². The Labute approximate surface area is 123 Å². The molecule has 0 saturated heterocycles. The average Bonchev–Trinajstić information content (AvgIpc) is 2.47. The lowest BCUT2D eigenvalue weighted by Crippen LogP contribution is -2.25. The molecule has 0 amide bonds. The first kappa shape index (κ1) is 17.2. The van der Waals surface area contributed by atoms with E-state index in [0.717, 1.165) is 32.6 Å². The smallest absolute Gasteiger partial charge is 0.0661 e. The number of rotatable bonds is 11. The SMILES string of the molecule is CCCc1ccc(C(COCCCOC)NCC)cc1. The molecule has 1 aromatic carbocycles. The number of nitrogens with one attached hydrogen (secondary N) is 1. The minimum atomic E-state index is 0.276. The molecular formula is C17H29NO2. The van der Waals surface area contributed by atoms with Gasteiger partial charge in [-0.3, -0.25) is 0 Å². The molecule has 1 atom stereocenters. The fourth-order valence-corrected chi connectivity index (χ4v) is 2.23. The van der Waals surface area contributed by atoms with Crippen molar-refractivity contribution in [2.45, 2.75) is 39.2 Å². The van der Waals surface area contributed by atoms with Crippen LogP contribution in [0.3, 0.4) is 0 Å². The van der Waals surface area contributed by atoms with Crippen molar-refractivity contribution in [2.24, 2.45) is 0 Å². The Hall–Kier alpha value is -0.900. The van der Waals surface area contributed by atoms with E-state index in [4.69, 9.17) is 9.47 Å². The summed E-state index contributed by atoms with van der Waals surface area (Å²) in [5.41, 5.74) is 2.71. The van der Waals surface area contributed by atoms with Crippen LogP contribution in [0.25, 0.3) is 0 Å². The molecule has 1 unspecified atom stereocenters. The van der Waals surface area contributed by atoms with Gasteiger partial charge in [0.25, 0.3) is 0 Å². The van der Waals surface area contributed by atoms with Crippen LogP contribution in [0.4, 0.5) is 0 Å². The van der Waals surface area contributed by atoms with Gasteiger partial charge in [0.15, 0.2) is 0 Å². The minimum Gasteiger partial charge on any atom is -0.385 e. The van der Waals surface area contributed by atoms with Crippen molar-refractivity contribution in [3.63, 3.8) is 0 Å². The first-order valence-corrected chi connectivity index (χ1v) is 7.70. The van der Waals surface area contributed by atoms with Crippen molar-refractivity contribution in [2.75, 3.05) is 33.5 Å². The molecule has 0 saturated carbocycles. The number of ether oxygens (including phenoxy) is 2. The maximum atomic E-state index is 5.74. The molecule has 0 aliphatic rings. The number of methoxy groups -OCH3 is 1. The summed E-state index contributed by atoms with van der Waals surface area (Å²) in [5, 5.41) is 3.49. The Kier molecular flexibility index (Phi) is 9.29. The van der Waals surface area contributed by atoms with E-state index in [1.807, 2.05) is 0 Å². The lowest BCUT2D eigenvalue weighted by atomic mass is 10.0. The molecule has 0 spiro atoms.